The number of benzene rings is 2. The highest BCUT2D eigenvalue weighted by molar-refractivity contribution is 5.98. The first-order chi connectivity index (χ1) is 39.7. The number of guanidine groups is 1. The third kappa shape index (κ3) is 24.3. The summed E-state index contributed by atoms with van der Waals surface area (Å²) in [6, 6.07) is 5.27. The van der Waals surface area contributed by atoms with Crippen molar-refractivity contribution in [3.05, 3.63) is 71.8 Å². The number of aliphatic hydroxyl groups excluding tert-OH is 1. The lowest BCUT2D eigenvalue weighted by atomic mass is 9.98. The van der Waals surface area contributed by atoms with Gasteiger partial charge in [0.1, 0.15) is 48.3 Å². The van der Waals surface area contributed by atoms with Crippen molar-refractivity contribution in [2.24, 2.45) is 45.7 Å². The Morgan fingerprint density at radius 1 is 0.631 bits per heavy atom. The Balaban J connectivity index is 1.86. The van der Waals surface area contributed by atoms with E-state index in [-0.39, 0.29) is 69.4 Å². The molecule has 3 rings (SSSR count). The normalized spacial score (nSPS) is 16.2. The van der Waals surface area contributed by atoms with E-state index in [1.807, 2.05) is 27.7 Å². The van der Waals surface area contributed by atoms with Crippen molar-refractivity contribution in [3.63, 3.8) is 0 Å². The number of rotatable bonds is 36. The molecule has 464 valence electrons. The Morgan fingerprint density at radius 3 is 1.65 bits per heavy atom. The third-order valence-electron chi connectivity index (χ3n) is 14.0. The predicted octanol–water partition coefficient (Wildman–Crippen LogP) is -2.17. The molecule has 2 aromatic rings. The van der Waals surface area contributed by atoms with E-state index in [1.54, 1.807) is 74.5 Å². The number of carboxylic acid groups (broad SMARTS) is 1. The highest BCUT2D eigenvalue weighted by Gasteiger charge is 2.40. The molecule has 27 heteroatoms. The van der Waals surface area contributed by atoms with Crippen molar-refractivity contribution in [3.8, 4) is 0 Å². The molecule has 1 aliphatic rings. The lowest BCUT2D eigenvalue weighted by Crippen LogP contribution is -2.60. The van der Waals surface area contributed by atoms with Gasteiger partial charge in [0.05, 0.1) is 19.2 Å². The molecule has 1 fully saturated rings. The van der Waals surface area contributed by atoms with Crippen LogP contribution in [0.3, 0.4) is 0 Å². The van der Waals surface area contributed by atoms with Crippen molar-refractivity contribution >= 4 is 71.0 Å². The molecule has 0 unspecified atom stereocenters. The Morgan fingerprint density at radius 2 is 1.14 bits per heavy atom. The van der Waals surface area contributed by atoms with Crippen molar-refractivity contribution in [1.82, 2.24) is 47.4 Å². The summed E-state index contributed by atoms with van der Waals surface area (Å²) in [6.07, 6.45) is 0.459. The molecule has 84 heavy (non-hydrogen) atoms. The molecule has 27 nitrogen and oxygen atoms in total. The molecular weight excluding hydrogens is 1090 g/mol. The number of amides is 10. The van der Waals surface area contributed by atoms with Crippen molar-refractivity contribution in [2.75, 3.05) is 26.2 Å². The van der Waals surface area contributed by atoms with Crippen LogP contribution in [0, 0.1) is 17.8 Å². The second-order valence-electron chi connectivity index (χ2n) is 21.9. The van der Waals surface area contributed by atoms with Gasteiger partial charge < -0.3 is 80.6 Å². The average molecular weight is 1180 g/mol. The lowest BCUT2D eigenvalue weighted by molar-refractivity contribution is -0.143. The van der Waals surface area contributed by atoms with Gasteiger partial charge in [-0.25, -0.2) is 4.79 Å². The Kier molecular flexibility index (Phi) is 29.8. The second kappa shape index (κ2) is 35.7. The quantitative estimate of drug-likeness (QED) is 0.0196. The third-order valence-corrected chi connectivity index (χ3v) is 14.0. The fourth-order valence-electron chi connectivity index (χ4n) is 9.29. The summed E-state index contributed by atoms with van der Waals surface area (Å²) in [5.41, 5.74) is 23.8. The number of aliphatic imine (C=N–C) groups is 1. The average Bonchev–Trinajstić information content (AvgIpc) is 4.14. The van der Waals surface area contributed by atoms with Gasteiger partial charge in [-0.3, -0.25) is 52.9 Å². The number of primary amides is 1. The number of likely N-dealkylation sites (tertiary alicyclic amines) is 1. The molecule has 2 aromatic carbocycles. The first-order valence-electron chi connectivity index (χ1n) is 28.4. The molecular formula is C57H88N14O13. The van der Waals surface area contributed by atoms with E-state index in [0.29, 0.717) is 30.4 Å². The van der Waals surface area contributed by atoms with E-state index in [1.165, 1.54) is 4.90 Å². The van der Waals surface area contributed by atoms with Gasteiger partial charge >= 0.3 is 5.97 Å². The van der Waals surface area contributed by atoms with Crippen LogP contribution in [0.25, 0.3) is 0 Å². The Bertz CT molecular complexity index is 2570. The van der Waals surface area contributed by atoms with E-state index in [4.69, 9.17) is 22.9 Å². The zero-order valence-corrected chi connectivity index (χ0v) is 48.9. The van der Waals surface area contributed by atoms with Gasteiger partial charge in [0.2, 0.25) is 59.1 Å². The number of hydrogen-bond acceptors (Lipinski definition) is 14. The maximum Gasteiger partial charge on any atom is 0.326 e. The first-order valence-corrected chi connectivity index (χ1v) is 28.4. The lowest BCUT2D eigenvalue weighted by Gasteiger charge is -2.31. The molecule has 0 radical (unpaired) electrons. The summed E-state index contributed by atoms with van der Waals surface area (Å²) < 4.78 is 0. The van der Waals surface area contributed by atoms with Crippen LogP contribution in [0.15, 0.2) is 65.7 Å². The number of carboxylic acids is 1. The summed E-state index contributed by atoms with van der Waals surface area (Å²) in [5.74, 6) is -10.1. The summed E-state index contributed by atoms with van der Waals surface area (Å²) in [7, 11) is 0. The van der Waals surface area contributed by atoms with Gasteiger partial charge in [0, 0.05) is 32.4 Å². The molecule has 1 aliphatic heterocycles. The fraction of sp³-hybridized carbons (Fsp3) is 0.579. The van der Waals surface area contributed by atoms with Gasteiger partial charge in [-0.15, -0.1) is 0 Å². The van der Waals surface area contributed by atoms with E-state index in [9.17, 15) is 63.0 Å². The van der Waals surface area contributed by atoms with E-state index in [0.717, 1.165) is 0 Å². The number of aliphatic hydroxyl groups is 1. The highest BCUT2D eigenvalue weighted by atomic mass is 16.4. The van der Waals surface area contributed by atoms with Crippen LogP contribution >= 0.6 is 0 Å². The molecule has 10 atom stereocenters. The first kappa shape index (κ1) is 70.1. The van der Waals surface area contributed by atoms with Crippen molar-refractivity contribution in [1.29, 1.82) is 0 Å². The topological polar surface area (TPSA) is 444 Å². The van der Waals surface area contributed by atoms with Gasteiger partial charge in [0.25, 0.3) is 0 Å². The van der Waals surface area contributed by atoms with E-state index in [2.05, 4.69) is 47.5 Å². The minimum atomic E-state index is -1.68. The molecule has 1 saturated heterocycles. The van der Waals surface area contributed by atoms with Crippen LogP contribution in [-0.2, 0) is 65.6 Å². The number of carbonyl (C=O) groups is 11. The van der Waals surface area contributed by atoms with Gasteiger partial charge in [0.15, 0.2) is 5.96 Å². The standard InChI is InChI=1S/C57H88N14O13/c1-7-34(6)47(56(83)84)70-52(79)41(29-36-18-12-9-13-19-36)64-46(74)30-63-49(76)40(28-35-16-10-8-11-17-35)67-51(78)39(22-23-45(59)73)66-50(77)38(20-14-24-62-57(60)61)65-53(80)43(31-72)69-54(81)44-21-15-25-71(44)55(82)42(27-33(4)5)68-48(75)37(58)26-32(2)3/h8-13,16-19,32-34,37-44,47,72H,7,14-15,20-31,58H2,1-6H3,(H2,59,73)(H,63,76)(H,64,74)(H,65,80)(H,66,77)(H,67,78)(H,68,75)(H,69,81)(H,70,79)(H,83,84)(H4,60,61,62)/t34-,37-,38-,39-,40-,41-,42-,43-,44-,47-/m0/s1. The predicted molar refractivity (Wildman–Crippen MR) is 311 cm³/mol. The number of carbonyl (C=O) groups excluding carboxylic acids is 10. The monoisotopic (exact) mass is 1180 g/mol. The smallest absolute Gasteiger partial charge is 0.326 e. The van der Waals surface area contributed by atoms with Crippen LogP contribution in [0.5, 0.6) is 0 Å². The molecule has 0 aromatic heterocycles. The minimum Gasteiger partial charge on any atom is -0.480 e. The Labute approximate surface area is 490 Å². The summed E-state index contributed by atoms with van der Waals surface area (Å²) >= 11 is 0. The van der Waals surface area contributed by atoms with Crippen LogP contribution in [0.1, 0.15) is 110 Å². The fourth-order valence-corrected chi connectivity index (χ4v) is 9.29. The largest absolute Gasteiger partial charge is 0.480 e. The molecule has 10 amide bonds. The highest BCUT2D eigenvalue weighted by Crippen LogP contribution is 2.21. The van der Waals surface area contributed by atoms with Crippen LogP contribution in [0.2, 0.25) is 0 Å². The SMILES string of the molecule is CC[C@H](C)[C@H](NC(=O)[C@H](Cc1ccccc1)NC(=O)CNC(=O)[C@H](Cc1ccccc1)NC(=O)[C@H](CCC(N)=O)NC(=O)[C@H](CCCN=C(N)N)NC(=O)[C@H](CO)NC(=O)[C@@H]1CCCN1C(=O)[C@H](CC(C)C)NC(=O)[C@@H](N)CC(C)C)C(=O)O. The van der Waals surface area contributed by atoms with Crippen molar-refractivity contribution < 1.29 is 63.0 Å². The number of aliphatic carboxylic acids is 1. The van der Waals surface area contributed by atoms with E-state index >= 15 is 0 Å². The molecule has 0 saturated carbocycles. The second-order valence-corrected chi connectivity index (χ2v) is 21.9. The van der Waals surface area contributed by atoms with Crippen LogP contribution in [-0.4, -0.2) is 167 Å². The maximum absolute atomic E-state index is 14.3. The summed E-state index contributed by atoms with van der Waals surface area (Å²) in [4.78, 5) is 154. The van der Waals surface area contributed by atoms with Crippen LogP contribution < -0.4 is 65.5 Å². The number of nitrogens with one attached hydrogen (secondary N) is 8. The maximum atomic E-state index is 14.3. The molecule has 0 spiro atoms. The summed E-state index contributed by atoms with van der Waals surface area (Å²) in [6.45, 7) is 9.42. The van der Waals surface area contributed by atoms with E-state index < -0.39 is 151 Å². The molecule has 0 bridgehead atoms. The number of nitrogens with two attached hydrogens (primary N) is 4. The number of hydrogen-bond donors (Lipinski definition) is 14. The molecule has 18 N–H and O–H groups in total. The zero-order chi connectivity index (χ0) is 62.6. The summed E-state index contributed by atoms with van der Waals surface area (Å²) in [5, 5.41) is 40.7. The van der Waals surface area contributed by atoms with Crippen molar-refractivity contribution in [2.45, 2.75) is 167 Å². The minimum absolute atomic E-state index is 0.0280. The zero-order valence-electron chi connectivity index (χ0n) is 48.9. The Hall–Kier alpha value is -8.20. The van der Waals surface area contributed by atoms with Crippen LogP contribution in [0.4, 0.5) is 0 Å². The van der Waals surface area contributed by atoms with Gasteiger partial charge in [-0.2, -0.15) is 0 Å². The molecule has 1 heterocycles. The molecule has 0 aliphatic carbocycles. The van der Waals surface area contributed by atoms with Gasteiger partial charge in [-0.05, 0) is 73.8 Å². The number of nitrogens with zero attached hydrogens (tertiary/aromatic N) is 2. The van der Waals surface area contributed by atoms with Gasteiger partial charge in [-0.1, -0.05) is 109 Å².